The van der Waals surface area contributed by atoms with E-state index in [1.165, 1.54) is 42.5 Å². The Bertz CT molecular complexity index is 1440. The Balaban J connectivity index is 0.00000324. The monoisotopic (exact) mass is 486 g/mol. The second kappa shape index (κ2) is 10.8. The molecule has 10 heteroatoms. The predicted molar refractivity (Wildman–Crippen MR) is 120 cm³/mol. The summed E-state index contributed by atoms with van der Waals surface area (Å²) in [6, 6.07) is 19.2. The number of benzene rings is 2. The van der Waals surface area contributed by atoms with Crippen molar-refractivity contribution in [1.82, 2.24) is 8.87 Å². The topological polar surface area (TPSA) is 82.4 Å². The fourth-order valence-corrected chi connectivity index (χ4v) is 5.48. The Kier molecular flexibility index (Phi) is 8.03. The SMILES string of the molecule is O=C([O-])c1cccc(C#CN(Cc2ccc(F)cc2)S(=O)(=O)c2cccs2)c1-n1cccc1.[Li+]. The van der Waals surface area contributed by atoms with Gasteiger partial charge in [-0.05, 0) is 53.3 Å². The molecule has 0 spiro atoms. The molecule has 4 aromatic rings. The Morgan fingerprint density at radius 3 is 2.35 bits per heavy atom. The first-order chi connectivity index (χ1) is 15.9. The van der Waals surface area contributed by atoms with Gasteiger partial charge in [0.05, 0.1) is 23.8 Å². The summed E-state index contributed by atoms with van der Waals surface area (Å²) < 4.78 is 42.4. The summed E-state index contributed by atoms with van der Waals surface area (Å²) in [6.45, 7) is -0.119. The summed E-state index contributed by atoms with van der Waals surface area (Å²) in [6.07, 6.45) is 3.32. The second-order valence-electron chi connectivity index (χ2n) is 6.89. The van der Waals surface area contributed by atoms with Crippen molar-refractivity contribution in [3.63, 3.8) is 0 Å². The van der Waals surface area contributed by atoms with Gasteiger partial charge in [0, 0.05) is 24.0 Å². The van der Waals surface area contributed by atoms with Gasteiger partial charge in [0.1, 0.15) is 10.0 Å². The van der Waals surface area contributed by atoms with Gasteiger partial charge in [0.15, 0.2) is 0 Å². The van der Waals surface area contributed by atoms with Crippen LogP contribution >= 0.6 is 11.3 Å². The number of hydrogen-bond acceptors (Lipinski definition) is 5. The summed E-state index contributed by atoms with van der Waals surface area (Å²) in [7, 11) is -3.98. The molecule has 34 heavy (non-hydrogen) atoms. The number of carbonyl (C=O) groups is 1. The zero-order chi connectivity index (χ0) is 23.4. The molecule has 0 fully saturated rings. The first-order valence-electron chi connectivity index (χ1n) is 9.66. The third-order valence-corrected chi connectivity index (χ3v) is 7.74. The summed E-state index contributed by atoms with van der Waals surface area (Å²) in [4.78, 5) is 11.7. The molecule has 2 heterocycles. The molecule has 0 radical (unpaired) electrons. The third kappa shape index (κ3) is 5.44. The van der Waals surface area contributed by atoms with E-state index in [4.69, 9.17) is 0 Å². The number of carbonyl (C=O) groups excluding carboxylic acids is 1. The molecule has 4 rings (SSSR count). The van der Waals surface area contributed by atoms with Crippen molar-refractivity contribution < 1.29 is 41.6 Å². The molecule has 0 saturated carbocycles. The Morgan fingerprint density at radius 2 is 1.74 bits per heavy atom. The third-order valence-electron chi connectivity index (χ3n) is 4.71. The maximum atomic E-state index is 13.3. The predicted octanol–water partition coefficient (Wildman–Crippen LogP) is 0.245. The largest absolute Gasteiger partial charge is 1.00 e. The number of aromatic nitrogens is 1. The van der Waals surface area contributed by atoms with Crippen LogP contribution in [0.3, 0.4) is 0 Å². The van der Waals surface area contributed by atoms with Crippen LogP contribution in [0.1, 0.15) is 21.5 Å². The standard InChI is InChI=1S/C24H17FN2O4S2.Li/c25-20-10-8-18(9-11-20)17-27(33(30,31)22-7-4-16-32-22)15-12-19-5-3-6-21(24(28)29)23(19)26-13-1-2-14-26;/h1-11,13-14,16H,17H2,(H,28,29);/q;+1/p-1. The number of para-hydroxylation sites is 1. The summed E-state index contributed by atoms with van der Waals surface area (Å²) in [5, 5.41) is 13.3. The van der Waals surface area contributed by atoms with Crippen molar-refractivity contribution in [1.29, 1.82) is 0 Å². The molecular formula is C24H16FLiN2O4S2. The van der Waals surface area contributed by atoms with Gasteiger partial charge >= 0.3 is 18.9 Å². The second-order valence-corrected chi connectivity index (χ2v) is 9.92. The van der Waals surface area contributed by atoms with Crippen LogP contribution in [-0.2, 0) is 16.6 Å². The van der Waals surface area contributed by atoms with Crippen molar-refractivity contribution in [2.75, 3.05) is 0 Å². The summed E-state index contributed by atoms with van der Waals surface area (Å²) >= 11 is 1.05. The number of hydrogen-bond donors (Lipinski definition) is 0. The van der Waals surface area contributed by atoms with Gasteiger partial charge in [-0.15, -0.1) is 11.3 Å². The number of halogens is 1. The zero-order valence-electron chi connectivity index (χ0n) is 18.0. The van der Waals surface area contributed by atoms with Gasteiger partial charge in [-0.25, -0.2) is 8.70 Å². The average molecular weight is 486 g/mol. The van der Waals surface area contributed by atoms with Gasteiger partial charge in [-0.1, -0.05) is 30.3 Å². The number of carboxylic acid groups (broad SMARTS) is 1. The van der Waals surface area contributed by atoms with E-state index < -0.39 is 21.8 Å². The van der Waals surface area contributed by atoms with Crippen LogP contribution in [-0.4, -0.2) is 23.3 Å². The fraction of sp³-hybridized carbons (Fsp3) is 0.0417. The molecule has 0 aliphatic heterocycles. The van der Waals surface area contributed by atoms with E-state index in [1.807, 2.05) is 0 Å². The number of rotatable bonds is 6. The quantitative estimate of drug-likeness (QED) is 0.222. The molecule has 0 amide bonds. The van der Waals surface area contributed by atoms with Gasteiger partial charge in [-0.3, -0.25) is 0 Å². The van der Waals surface area contributed by atoms with Crippen molar-refractivity contribution in [2.45, 2.75) is 10.8 Å². The molecule has 2 aromatic heterocycles. The van der Waals surface area contributed by atoms with Crippen molar-refractivity contribution in [2.24, 2.45) is 0 Å². The van der Waals surface area contributed by atoms with Gasteiger partial charge in [0.2, 0.25) is 0 Å². The minimum atomic E-state index is -3.98. The maximum absolute atomic E-state index is 13.3. The van der Waals surface area contributed by atoms with Crippen LogP contribution < -0.4 is 24.0 Å². The van der Waals surface area contributed by atoms with Gasteiger partial charge < -0.3 is 14.5 Å². The van der Waals surface area contributed by atoms with E-state index in [0.29, 0.717) is 11.1 Å². The van der Waals surface area contributed by atoms with Crippen LogP contribution in [0.15, 0.2) is 88.7 Å². The van der Waals surface area contributed by atoms with Crippen LogP contribution in [0.25, 0.3) is 5.69 Å². The maximum Gasteiger partial charge on any atom is 1.00 e. The molecule has 0 aliphatic rings. The molecular weight excluding hydrogens is 470 g/mol. The molecule has 0 saturated heterocycles. The number of carboxylic acids is 1. The van der Waals surface area contributed by atoms with Crippen LogP contribution in [0.2, 0.25) is 0 Å². The molecule has 0 bridgehead atoms. The Hall–Kier alpha value is -3.27. The van der Waals surface area contributed by atoms with Crippen molar-refractivity contribution in [3.05, 3.63) is 107 Å². The molecule has 6 nitrogen and oxygen atoms in total. The molecule has 0 unspecified atom stereocenters. The van der Waals surface area contributed by atoms with E-state index in [0.717, 1.165) is 15.6 Å². The van der Waals surface area contributed by atoms with E-state index >= 15 is 0 Å². The smallest absolute Gasteiger partial charge is 0.545 e. The van der Waals surface area contributed by atoms with Crippen molar-refractivity contribution >= 4 is 27.3 Å². The molecule has 0 atom stereocenters. The average Bonchev–Trinajstić information content (AvgIpc) is 3.52. The van der Waals surface area contributed by atoms with E-state index in [1.54, 1.807) is 46.6 Å². The van der Waals surface area contributed by atoms with E-state index in [2.05, 4.69) is 12.0 Å². The van der Waals surface area contributed by atoms with E-state index in [-0.39, 0.29) is 40.9 Å². The number of nitrogens with zero attached hydrogens (tertiary/aromatic N) is 2. The molecule has 166 valence electrons. The minimum absolute atomic E-state index is 0. The first kappa shape index (κ1) is 25.4. The molecule has 0 N–H and O–H groups in total. The van der Waals surface area contributed by atoms with Gasteiger partial charge in [0.25, 0.3) is 10.0 Å². The molecule has 0 aliphatic carbocycles. The fourth-order valence-electron chi connectivity index (χ4n) is 3.15. The number of thiophene rings is 1. The first-order valence-corrected chi connectivity index (χ1v) is 12.0. The van der Waals surface area contributed by atoms with E-state index in [9.17, 15) is 22.7 Å². The minimum Gasteiger partial charge on any atom is -0.545 e. The number of sulfonamides is 1. The Labute approximate surface area is 212 Å². The Morgan fingerprint density at radius 1 is 1.03 bits per heavy atom. The van der Waals surface area contributed by atoms with Crippen LogP contribution in [0.5, 0.6) is 0 Å². The zero-order valence-corrected chi connectivity index (χ0v) is 19.6. The normalized spacial score (nSPS) is 10.6. The summed E-state index contributed by atoms with van der Waals surface area (Å²) in [5.41, 5.74) is 1.03. The molecule has 2 aromatic carbocycles. The number of aromatic carboxylic acids is 1. The summed E-state index contributed by atoms with van der Waals surface area (Å²) in [5.74, 6) is 0.997. The van der Waals surface area contributed by atoms with Crippen molar-refractivity contribution in [3.8, 4) is 17.7 Å². The van der Waals surface area contributed by atoms with Crippen LogP contribution in [0, 0.1) is 17.8 Å². The van der Waals surface area contributed by atoms with Gasteiger partial charge in [-0.2, -0.15) is 8.42 Å². The van der Waals surface area contributed by atoms with Crippen LogP contribution in [0.4, 0.5) is 4.39 Å².